The highest BCUT2D eigenvalue weighted by Gasteiger charge is 2.53. The van der Waals surface area contributed by atoms with Gasteiger partial charge in [-0.3, -0.25) is 0 Å². The number of hydrogen-bond acceptors (Lipinski definition) is 7. The number of halogens is 4. The Kier molecular flexibility index (Phi) is 6.38. The number of alkyl halides is 2. The molecule has 0 bridgehead atoms. The summed E-state index contributed by atoms with van der Waals surface area (Å²) in [5.41, 5.74) is -2.31. The molecule has 1 atom stereocenters. The van der Waals surface area contributed by atoms with Crippen molar-refractivity contribution in [3.8, 4) is 34.2 Å². The van der Waals surface area contributed by atoms with Crippen molar-refractivity contribution in [2.45, 2.75) is 58.0 Å². The summed E-state index contributed by atoms with van der Waals surface area (Å²) in [4.78, 5) is 4.01. The topological polar surface area (TPSA) is 95.4 Å². The quantitative estimate of drug-likeness (QED) is 0.309. The molecule has 4 aromatic rings. The molecule has 0 saturated carbocycles. The number of oxazole rings is 1. The van der Waals surface area contributed by atoms with E-state index in [1.165, 1.54) is 32.2 Å². The largest absolute Gasteiger partial charge is 0.476 e. The van der Waals surface area contributed by atoms with E-state index in [-0.39, 0.29) is 28.6 Å². The van der Waals surface area contributed by atoms with Crippen LogP contribution in [-0.4, -0.2) is 37.1 Å². The van der Waals surface area contributed by atoms with Crippen molar-refractivity contribution in [3.05, 3.63) is 65.9 Å². The van der Waals surface area contributed by atoms with Crippen LogP contribution in [0.25, 0.3) is 22.7 Å². The summed E-state index contributed by atoms with van der Waals surface area (Å²) in [6, 6.07) is 7.70. The van der Waals surface area contributed by atoms with Gasteiger partial charge in [0.1, 0.15) is 17.1 Å². The average Bonchev–Trinajstić information content (AvgIpc) is 3.47. The van der Waals surface area contributed by atoms with E-state index in [4.69, 9.17) is 13.9 Å². The van der Waals surface area contributed by atoms with Crippen molar-refractivity contribution in [2.24, 2.45) is 0 Å². The second-order valence-corrected chi connectivity index (χ2v) is 9.50. The molecule has 2 aromatic heterocycles. The van der Waals surface area contributed by atoms with Crippen molar-refractivity contribution >= 4 is 0 Å². The molecule has 0 spiro atoms. The molecule has 0 radical (unpaired) electrons. The smallest absolute Gasteiger partial charge is 0.387 e. The number of aromatic nitrogens is 4. The Morgan fingerprint density at radius 3 is 2.55 bits per heavy atom. The van der Waals surface area contributed by atoms with Crippen molar-refractivity contribution in [1.82, 2.24) is 19.7 Å². The molecule has 1 aliphatic rings. The normalized spacial score (nSPS) is 17.5. The van der Waals surface area contributed by atoms with E-state index in [2.05, 4.69) is 15.2 Å². The number of fused-ring (bicyclic) bond motifs is 1. The molecular weight excluding hydrogens is 508 g/mol. The van der Waals surface area contributed by atoms with E-state index >= 15 is 0 Å². The maximum absolute atomic E-state index is 13.9. The van der Waals surface area contributed by atoms with Gasteiger partial charge in [0, 0.05) is 25.1 Å². The molecule has 2 aromatic carbocycles. The second kappa shape index (κ2) is 9.43. The van der Waals surface area contributed by atoms with E-state index in [0.29, 0.717) is 36.7 Å². The molecule has 8 nitrogen and oxygen atoms in total. The molecule has 1 aliphatic heterocycles. The van der Waals surface area contributed by atoms with Crippen LogP contribution in [0.3, 0.4) is 0 Å². The first-order valence-corrected chi connectivity index (χ1v) is 11.8. The Hall–Kier alpha value is -3.93. The zero-order valence-corrected chi connectivity index (χ0v) is 20.7. The average molecular weight is 532 g/mol. The standard InChI is InChI=1S/C26H24F4N4O4/c1-14-31-13-21(36-14)17-7-5-15(11-20(17)37-24(29)30)22-32-33-23-26(25(2,3)35,9-4-10-34(22)23)38-16-6-8-18(27)19(28)12-16/h5-8,11-13,24,35H,4,9-10H2,1-3H3. The third-order valence-electron chi connectivity index (χ3n) is 6.54. The third kappa shape index (κ3) is 4.49. The minimum Gasteiger partial charge on any atom is -0.476 e. The van der Waals surface area contributed by atoms with E-state index in [9.17, 15) is 22.7 Å². The minimum absolute atomic E-state index is 0.00310. The molecule has 5 rings (SSSR count). The monoisotopic (exact) mass is 532 g/mol. The van der Waals surface area contributed by atoms with Gasteiger partial charge >= 0.3 is 6.61 Å². The van der Waals surface area contributed by atoms with Crippen LogP contribution in [-0.2, 0) is 12.1 Å². The van der Waals surface area contributed by atoms with Gasteiger partial charge in [0.15, 0.2) is 40.5 Å². The van der Waals surface area contributed by atoms with Gasteiger partial charge in [-0.2, -0.15) is 8.78 Å². The van der Waals surface area contributed by atoms with Crippen LogP contribution < -0.4 is 9.47 Å². The maximum atomic E-state index is 13.9. The molecule has 1 unspecified atom stereocenters. The van der Waals surface area contributed by atoms with Crippen LogP contribution in [0.2, 0.25) is 0 Å². The second-order valence-electron chi connectivity index (χ2n) is 9.50. The van der Waals surface area contributed by atoms with Gasteiger partial charge in [0.25, 0.3) is 0 Å². The number of benzene rings is 2. The Labute approximate surface area is 214 Å². The number of nitrogens with zero attached hydrogens (tertiary/aromatic N) is 4. The summed E-state index contributed by atoms with van der Waals surface area (Å²) in [6.07, 6.45) is 2.23. The Morgan fingerprint density at radius 1 is 1.11 bits per heavy atom. The van der Waals surface area contributed by atoms with Gasteiger partial charge in [-0.15, -0.1) is 10.2 Å². The zero-order valence-electron chi connectivity index (χ0n) is 20.7. The minimum atomic E-state index is -3.09. The molecule has 3 heterocycles. The summed E-state index contributed by atoms with van der Waals surface area (Å²) in [6.45, 7) is 2.03. The van der Waals surface area contributed by atoms with Crippen molar-refractivity contribution < 1.29 is 36.6 Å². The number of rotatable bonds is 7. The van der Waals surface area contributed by atoms with E-state index in [1.54, 1.807) is 23.6 Å². The Balaban J connectivity index is 1.60. The van der Waals surface area contributed by atoms with Gasteiger partial charge in [0.05, 0.1) is 11.8 Å². The first-order chi connectivity index (χ1) is 18.0. The summed E-state index contributed by atoms with van der Waals surface area (Å²) in [5.74, 6) is -1.08. The highest BCUT2D eigenvalue weighted by molar-refractivity contribution is 5.71. The lowest BCUT2D eigenvalue weighted by Crippen LogP contribution is -2.55. The number of ether oxygens (including phenoxy) is 2. The molecule has 0 aliphatic carbocycles. The molecular formula is C26H24F4N4O4. The van der Waals surface area contributed by atoms with Crippen LogP contribution in [0.1, 0.15) is 38.4 Å². The fourth-order valence-electron chi connectivity index (χ4n) is 4.71. The first kappa shape index (κ1) is 25.7. The lowest BCUT2D eigenvalue weighted by Gasteiger charge is -2.44. The molecule has 12 heteroatoms. The van der Waals surface area contributed by atoms with Gasteiger partial charge in [-0.1, -0.05) is 6.07 Å². The predicted molar refractivity (Wildman–Crippen MR) is 127 cm³/mol. The van der Waals surface area contributed by atoms with Crippen molar-refractivity contribution in [2.75, 3.05) is 0 Å². The molecule has 1 N–H and O–H groups in total. The fraction of sp³-hybridized carbons (Fsp3) is 0.346. The summed E-state index contributed by atoms with van der Waals surface area (Å²) >= 11 is 0. The van der Waals surface area contributed by atoms with Crippen LogP contribution in [0.15, 0.2) is 47.0 Å². The number of aliphatic hydroxyl groups is 1. The molecule has 0 saturated heterocycles. The fourth-order valence-corrected chi connectivity index (χ4v) is 4.71. The van der Waals surface area contributed by atoms with Gasteiger partial charge in [0.2, 0.25) is 0 Å². The van der Waals surface area contributed by atoms with Crippen LogP contribution in [0, 0.1) is 18.6 Å². The molecule has 0 amide bonds. The Morgan fingerprint density at radius 2 is 1.89 bits per heavy atom. The predicted octanol–water partition coefficient (Wildman–Crippen LogP) is 5.63. The highest BCUT2D eigenvalue weighted by atomic mass is 19.3. The molecule has 0 fully saturated rings. The van der Waals surface area contributed by atoms with Crippen molar-refractivity contribution in [3.63, 3.8) is 0 Å². The van der Waals surface area contributed by atoms with Crippen LogP contribution in [0.4, 0.5) is 17.6 Å². The SMILES string of the molecule is Cc1ncc(-c2ccc(-c3nnc4n3CCCC4(Oc3ccc(F)c(F)c3)C(C)(C)O)cc2OC(F)F)o1. The van der Waals surface area contributed by atoms with Gasteiger partial charge < -0.3 is 23.6 Å². The zero-order chi connectivity index (χ0) is 27.2. The van der Waals surface area contributed by atoms with Crippen molar-refractivity contribution in [1.29, 1.82) is 0 Å². The van der Waals surface area contributed by atoms with E-state index < -0.39 is 29.4 Å². The Bertz CT molecular complexity index is 1480. The van der Waals surface area contributed by atoms with E-state index in [0.717, 1.165) is 12.1 Å². The maximum Gasteiger partial charge on any atom is 0.387 e. The van der Waals surface area contributed by atoms with Gasteiger partial charge in [-0.05, 0) is 51.0 Å². The molecule has 200 valence electrons. The lowest BCUT2D eigenvalue weighted by molar-refractivity contribution is -0.137. The number of hydrogen-bond donors (Lipinski definition) is 1. The number of aryl methyl sites for hydroxylation is 1. The molecule has 38 heavy (non-hydrogen) atoms. The summed E-state index contributed by atoms with van der Waals surface area (Å²) in [7, 11) is 0. The van der Waals surface area contributed by atoms with Crippen LogP contribution >= 0.6 is 0 Å². The third-order valence-corrected chi connectivity index (χ3v) is 6.54. The van der Waals surface area contributed by atoms with Crippen LogP contribution in [0.5, 0.6) is 11.5 Å². The first-order valence-electron chi connectivity index (χ1n) is 11.8. The summed E-state index contributed by atoms with van der Waals surface area (Å²) in [5, 5.41) is 19.8. The summed E-state index contributed by atoms with van der Waals surface area (Å²) < 4.78 is 72.1. The lowest BCUT2D eigenvalue weighted by atomic mass is 9.79. The van der Waals surface area contributed by atoms with E-state index in [1.807, 2.05) is 0 Å². The van der Waals surface area contributed by atoms with Gasteiger partial charge in [-0.25, -0.2) is 13.8 Å². The highest BCUT2D eigenvalue weighted by Crippen LogP contribution is 2.45.